The molecule has 1 saturated heterocycles. The molecule has 1 aromatic carbocycles. The van der Waals surface area contributed by atoms with Crippen LogP contribution in [0.2, 0.25) is 0 Å². The van der Waals surface area contributed by atoms with Crippen LogP contribution < -0.4 is 4.90 Å². The predicted molar refractivity (Wildman–Crippen MR) is 78.3 cm³/mol. The van der Waals surface area contributed by atoms with Crippen LogP contribution in [0.4, 0.5) is 5.82 Å². The van der Waals surface area contributed by atoms with Gasteiger partial charge in [0.25, 0.3) is 0 Å². The van der Waals surface area contributed by atoms with Gasteiger partial charge in [0.15, 0.2) is 5.82 Å². The molecule has 0 N–H and O–H groups in total. The third kappa shape index (κ3) is 2.60. The highest BCUT2D eigenvalue weighted by Gasteiger charge is 2.14. The van der Waals surface area contributed by atoms with Gasteiger partial charge >= 0.3 is 0 Å². The standard InChI is InChI=1S/C16H19N3/c1-13-12-15(19-10-6-3-7-11-19)17-18-16(13)14-8-4-2-5-9-14/h2,4-5,8-9,12H,3,6-7,10-11H2,1H3. The summed E-state index contributed by atoms with van der Waals surface area (Å²) in [6.07, 6.45) is 3.87. The highest BCUT2D eigenvalue weighted by Crippen LogP contribution is 2.24. The molecule has 1 aliphatic heterocycles. The van der Waals surface area contributed by atoms with Crippen molar-refractivity contribution in [3.05, 3.63) is 42.0 Å². The van der Waals surface area contributed by atoms with Crippen LogP contribution in [0.5, 0.6) is 0 Å². The fourth-order valence-electron chi connectivity index (χ4n) is 2.63. The van der Waals surface area contributed by atoms with Gasteiger partial charge in [-0.05, 0) is 37.8 Å². The summed E-state index contributed by atoms with van der Waals surface area (Å²) < 4.78 is 0. The number of anilines is 1. The number of hydrogen-bond acceptors (Lipinski definition) is 3. The maximum Gasteiger partial charge on any atom is 0.151 e. The van der Waals surface area contributed by atoms with E-state index in [1.165, 1.54) is 24.8 Å². The third-order valence-corrected chi connectivity index (χ3v) is 3.70. The molecule has 3 heteroatoms. The Balaban J connectivity index is 1.89. The predicted octanol–water partition coefficient (Wildman–Crippen LogP) is 3.44. The Hall–Kier alpha value is -1.90. The van der Waals surface area contributed by atoms with Crippen LogP contribution in [0.1, 0.15) is 24.8 Å². The molecule has 98 valence electrons. The number of hydrogen-bond donors (Lipinski definition) is 0. The zero-order valence-electron chi connectivity index (χ0n) is 11.3. The molecule has 1 aromatic heterocycles. The average Bonchev–Trinajstić information content (AvgIpc) is 2.49. The lowest BCUT2D eigenvalue weighted by Crippen LogP contribution is -2.30. The van der Waals surface area contributed by atoms with Crippen molar-refractivity contribution in [3.63, 3.8) is 0 Å². The largest absolute Gasteiger partial charge is 0.355 e. The summed E-state index contributed by atoms with van der Waals surface area (Å²) in [5.74, 6) is 1.02. The molecule has 1 fully saturated rings. The Morgan fingerprint density at radius 3 is 2.37 bits per heavy atom. The van der Waals surface area contributed by atoms with E-state index in [9.17, 15) is 0 Å². The quantitative estimate of drug-likeness (QED) is 0.821. The van der Waals surface area contributed by atoms with E-state index in [-0.39, 0.29) is 0 Å². The first kappa shape index (κ1) is 12.2. The van der Waals surface area contributed by atoms with Crippen LogP contribution >= 0.6 is 0 Å². The maximum atomic E-state index is 4.43. The molecular weight excluding hydrogens is 234 g/mol. The SMILES string of the molecule is Cc1cc(N2CCCCC2)nnc1-c1ccccc1. The van der Waals surface area contributed by atoms with Gasteiger partial charge in [0.05, 0.1) is 5.69 Å². The van der Waals surface area contributed by atoms with E-state index in [1.807, 2.05) is 18.2 Å². The van der Waals surface area contributed by atoms with Gasteiger partial charge in [-0.25, -0.2) is 0 Å². The fraction of sp³-hybridized carbons (Fsp3) is 0.375. The first-order valence-corrected chi connectivity index (χ1v) is 6.99. The van der Waals surface area contributed by atoms with Gasteiger partial charge in [-0.2, -0.15) is 0 Å². The minimum absolute atomic E-state index is 0.987. The number of aryl methyl sites for hydroxylation is 1. The molecule has 2 aromatic rings. The van der Waals surface area contributed by atoms with Crippen LogP contribution in [-0.4, -0.2) is 23.3 Å². The Morgan fingerprint density at radius 1 is 0.947 bits per heavy atom. The summed E-state index contributed by atoms with van der Waals surface area (Å²) in [7, 11) is 0. The minimum atomic E-state index is 0.987. The number of nitrogens with zero attached hydrogens (tertiary/aromatic N) is 3. The van der Waals surface area contributed by atoms with Crippen molar-refractivity contribution in [1.29, 1.82) is 0 Å². The molecule has 2 heterocycles. The smallest absolute Gasteiger partial charge is 0.151 e. The van der Waals surface area contributed by atoms with Gasteiger partial charge in [-0.1, -0.05) is 30.3 Å². The Bertz CT molecular complexity index is 545. The second-order valence-corrected chi connectivity index (χ2v) is 5.15. The van der Waals surface area contributed by atoms with Gasteiger partial charge < -0.3 is 4.90 Å². The molecule has 0 amide bonds. The third-order valence-electron chi connectivity index (χ3n) is 3.70. The molecule has 0 bridgehead atoms. The van der Waals surface area contributed by atoms with Crippen LogP contribution in [0.25, 0.3) is 11.3 Å². The molecule has 0 atom stereocenters. The molecule has 3 rings (SSSR count). The summed E-state index contributed by atoms with van der Waals surface area (Å²) >= 11 is 0. The summed E-state index contributed by atoms with van der Waals surface area (Å²) in [6.45, 7) is 4.34. The van der Waals surface area contributed by atoms with Crippen molar-refractivity contribution in [1.82, 2.24) is 10.2 Å². The zero-order valence-corrected chi connectivity index (χ0v) is 11.3. The molecule has 0 spiro atoms. The fourth-order valence-corrected chi connectivity index (χ4v) is 2.63. The molecule has 3 nitrogen and oxygen atoms in total. The van der Waals surface area contributed by atoms with E-state index >= 15 is 0 Å². The van der Waals surface area contributed by atoms with Gasteiger partial charge in [0, 0.05) is 18.7 Å². The van der Waals surface area contributed by atoms with E-state index < -0.39 is 0 Å². The lowest BCUT2D eigenvalue weighted by atomic mass is 10.1. The highest BCUT2D eigenvalue weighted by atomic mass is 15.3. The molecule has 0 unspecified atom stereocenters. The molecule has 1 aliphatic rings. The van der Waals surface area contributed by atoms with Crippen molar-refractivity contribution in [2.75, 3.05) is 18.0 Å². The van der Waals surface area contributed by atoms with Gasteiger partial charge in [0.1, 0.15) is 0 Å². The Kier molecular flexibility index (Phi) is 3.45. The summed E-state index contributed by atoms with van der Waals surface area (Å²) in [5, 5.41) is 8.85. The van der Waals surface area contributed by atoms with Crippen LogP contribution in [-0.2, 0) is 0 Å². The van der Waals surface area contributed by atoms with Crippen LogP contribution in [0.15, 0.2) is 36.4 Å². The van der Waals surface area contributed by atoms with E-state index in [1.54, 1.807) is 0 Å². The van der Waals surface area contributed by atoms with Gasteiger partial charge in [-0.15, -0.1) is 10.2 Å². The summed E-state index contributed by atoms with van der Waals surface area (Å²) in [6, 6.07) is 12.4. The van der Waals surface area contributed by atoms with Crippen molar-refractivity contribution < 1.29 is 0 Å². The van der Waals surface area contributed by atoms with E-state index in [4.69, 9.17) is 0 Å². The average molecular weight is 253 g/mol. The molecular formula is C16H19N3. The molecule has 0 radical (unpaired) electrons. The lowest BCUT2D eigenvalue weighted by molar-refractivity contribution is 0.571. The first-order chi connectivity index (χ1) is 9.34. The van der Waals surface area contributed by atoms with E-state index in [0.29, 0.717) is 0 Å². The Morgan fingerprint density at radius 2 is 1.68 bits per heavy atom. The van der Waals surface area contributed by atoms with Crippen molar-refractivity contribution >= 4 is 5.82 Å². The molecule has 0 saturated carbocycles. The van der Waals surface area contributed by atoms with Crippen molar-refractivity contribution in [3.8, 4) is 11.3 Å². The molecule has 0 aliphatic carbocycles. The van der Waals surface area contributed by atoms with Crippen LogP contribution in [0, 0.1) is 6.92 Å². The first-order valence-electron chi connectivity index (χ1n) is 6.99. The van der Waals surface area contributed by atoms with Gasteiger partial charge in [0.2, 0.25) is 0 Å². The second kappa shape index (κ2) is 5.39. The summed E-state index contributed by atoms with van der Waals surface area (Å²) in [4.78, 5) is 2.35. The van der Waals surface area contributed by atoms with Crippen LogP contribution in [0.3, 0.4) is 0 Å². The summed E-state index contributed by atoms with van der Waals surface area (Å²) in [5.41, 5.74) is 3.32. The second-order valence-electron chi connectivity index (χ2n) is 5.15. The number of rotatable bonds is 2. The minimum Gasteiger partial charge on any atom is -0.355 e. The van der Waals surface area contributed by atoms with E-state index in [0.717, 1.165) is 30.2 Å². The topological polar surface area (TPSA) is 29.0 Å². The maximum absolute atomic E-state index is 4.43. The molecule has 19 heavy (non-hydrogen) atoms. The number of piperidine rings is 1. The monoisotopic (exact) mass is 253 g/mol. The highest BCUT2D eigenvalue weighted by molar-refractivity contribution is 5.63. The zero-order chi connectivity index (χ0) is 13.1. The van der Waals surface area contributed by atoms with Gasteiger partial charge in [-0.3, -0.25) is 0 Å². The van der Waals surface area contributed by atoms with Crippen molar-refractivity contribution in [2.24, 2.45) is 0 Å². The lowest BCUT2D eigenvalue weighted by Gasteiger charge is -2.27. The van der Waals surface area contributed by atoms with Crippen molar-refractivity contribution in [2.45, 2.75) is 26.2 Å². The number of benzene rings is 1. The Labute approximate surface area is 114 Å². The normalized spacial score (nSPS) is 15.5. The number of aromatic nitrogens is 2. The van der Waals surface area contributed by atoms with E-state index in [2.05, 4.69) is 40.2 Å².